The summed E-state index contributed by atoms with van der Waals surface area (Å²) in [4.78, 5) is -0.449. The van der Waals surface area contributed by atoms with E-state index in [2.05, 4.69) is 0 Å². The van der Waals surface area contributed by atoms with Gasteiger partial charge in [-0.3, -0.25) is 0 Å². The van der Waals surface area contributed by atoms with Gasteiger partial charge in [-0.15, -0.1) is 11.6 Å². The second-order valence-corrected chi connectivity index (χ2v) is 7.04. The molecule has 0 amide bonds. The molecule has 0 saturated carbocycles. The van der Waals surface area contributed by atoms with Crippen molar-refractivity contribution in [2.24, 2.45) is 0 Å². The van der Waals surface area contributed by atoms with Crippen LogP contribution in [-0.4, -0.2) is 32.0 Å². The molecule has 0 atom stereocenters. The maximum atomic E-state index is 12.5. The van der Waals surface area contributed by atoms with E-state index in [-0.39, 0.29) is 28.0 Å². The molecule has 0 aromatic heterocycles. The molecule has 0 aliphatic rings. The third kappa shape index (κ3) is 4.63. The van der Waals surface area contributed by atoms with Gasteiger partial charge in [-0.2, -0.15) is 17.5 Å². The topological polar surface area (TPSA) is 37.4 Å². The van der Waals surface area contributed by atoms with Crippen molar-refractivity contribution in [3.05, 3.63) is 27.7 Å². The molecule has 0 fully saturated rings. The number of hydrogen-bond acceptors (Lipinski definition) is 2. The van der Waals surface area contributed by atoms with Crippen LogP contribution in [0.4, 0.5) is 13.2 Å². The van der Waals surface area contributed by atoms with Crippen LogP contribution >= 0.6 is 34.8 Å². The Morgan fingerprint density at radius 2 is 1.76 bits per heavy atom. The summed E-state index contributed by atoms with van der Waals surface area (Å²) in [7, 11) is -4.40. The van der Waals surface area contributed by atoms with Crippen LogP contribution < -0.4 is 0 Å². The van der Waals surface area contributed by atoms with Gasteiger partial charge in [0.15, 0.2) is 0 Å². The smallest absolute Gasteiger partial charge is 0.207 e. The number of hydrogen-bond donors (Lipinski definition) is 0. The highest BCUT2D eigenvalue weighted by molar-refractivity contribution is 7.89. The average molecular weight is 385 g/mol. The molecule has 1 rings (SSSR count). The number of alkyl halides is 4. The lowest BCUT2D eigenvalue weighted by molar-refractivity contribution is -0.135. The lowest BCUT2D eigenvalue weighted by Crippen LogP contribution is -2.38. The number of halogens is 6. The summed E-state index contributed by atoms with van der Waals surface area (Å²) in [5, 5.41) is -0.109. The summed E-state index contributed by atoms with van der Waals surface area (Å²) in [6.07, 6.45) is -4.66. The zero-order chi connectivity index (χ0) is 16.4. The normalized spacial score (nSPS) is 13.0. The first-order valence-electron chi connectivity index (χ1n) is 5.63. The first-order valence-corrected chi connectivity index (χ1v) is 8.36. The predicted molar refractivity (Wildman–Crippen MR) is 76.5 cm³/mol. The molecule has 0 heterocycles. The van der Waals surface area contributed by atoms with E-state index in [1.54, 1.807) is 0 Å². The highest BCUT2D eigenvalue weighted by atomic mass is 35.5. The van der Waals surface area contributed by atoms with Crippen LogP contribution in [0.5, 0.6) is 0 Å². The van der Waals surface area contributed by atoms with Gasteiger partial charge in [-0.1, -0.05) is 30.1 Å². The first kappa shape index (κ1) is 18.8. The molecule has 21 heavy (non-hydrogen) atoms. The molecular weight excluding hydrogens is 374 g/mol. The lowest BCUT2D eigenvalue weighted by atomic mass is 10.2. The van der Waals surface area contributed by atoms with Crippen LogP contribution in [-0.2, 0) is 15.9 Å². The fourth-order valence-electron chi connectivity index (χ4n) is 1.58. The molecule has 0 aliphatic carbocycles. The summed E-state index contributed by atoms with van der Waals surface area (Å²) >= 11 is 17.2. The molecule has 0 N–H and O–H groups in total. The minimum atomic E-state index is -4.66. The molecule has 0 unspecified atom stereocenters. The standard InChI is InChI=1S/C11H11Cl3F3NO2S/c1-2-18(6-11(15,16)17)21(19,20)10-3-7(5-12)8(13)4-9(10)14/h3-4H,2,5-6H2,1H3. The Labute approximate surface area is 135 Å². The zero-order valence-electron chi connectivity index (χ0n) is 10.7. The quantitative estimate of drug-likeness (QED) is 0.710. The van der Waals surface area contributed by atoms with Crippen molar-refractivity contribution >= 4 is 44.8 Å². The van der Waals surface area contributed by atoms with Gasteiger partial charge < -0.3 is 0 Å². The van der Waals surface area contributed by atoms with Crippen LogP contribution in [0.15, 0.2) is 17.0 Å². The summed E-state index contributed by atoms with van der Waals surface area (Å²) < 4.78 is 62.3. The van der Waals surface area contributed by atoms with Gasteiger partial charge in [-0.05, 0) is 17.7 Å². The van der Waals surface area contributed by atoms with Crippen LogP contribution in [0.25, 0.3) is 0 Å². The van der Waals surface area contributed by atoms with Crippen LogP contribution in [0, 0.1) is 0 Å². The second kappa shape index (κ2) is 6.91. The average Bonchev–Trinajstić information content (AvgIpc) is 2.34. The largest absolute Gasteiger partial charge is 0.402 e. The van der Waals surface area contributed by atoms with Crippen molar-refractivity contribution in [3.63, 3.8) is 0 Å². The van der Waals surface area contributed by atoms with E-state index in [4.69, 9.17) is 34.8 Å². The molecule has 1 aromatic carbocycles. The van der Waals surface area contributed by atoms with Crippen molar-refractivity contribution in [3.8, 4) is 0 Å². The van der Waals surface area contributed by atoms with Crippen molar-refractivity contribution in [1.29, 1.82) is 0 Å². The minimum absolute atomic E-state index is 0.0933. The maximum Gasteiger partial charge on any atom is 0.402 e. The third-order valence-electron chi connectivity index (χ3n) is 2.57. The van der Waals surface area contributed by atoms with Gasteiger partial charge in [0.25, 0.3) is 0 Å². The van der Waals surface area contributed by atoms with Crippen molar-refractivity contribution in [1.82, 2.24) is 4.31 Å². The van der Waals surface area contributed by atoms with Gasteiger partial charge in [-0.25, -0.2) is 8.42 Å². The molecule has 0 radical (unpaired) electrons. The van der Waals surface area contributed by atoms with Crippen LogP contribution in [0.3, 0.4) is 0 Å². The molecular formula is C11H11Cl3F3NO2S. The Bertz CT molecular complexity index is 620. The van der Waals surface area contributed by atoms with E-state index >= 15 is 0 Å². The predicted octanol–water partition coefficient (Wildman–Crippen LogP) is 4.31. The molecule has 0 spiro atoms. The summed E-state index contributed by atoms with van der Waals surface area (Å²) in [5.74, 6) is -0.0933. The third-order valence-corrected chi connectivity index (χ3v) is 5.60. The molecule has 120 valence electrons. The van der Waals surface area contributed by atoms with Crippen molar-refractivity contribution < 1.29 is 21.6 Å². The Morgan fingerprint density at radius 3 is 2.19 bits per heavy atom. The Balaban J connectivity index is 3.35. The van der Waals surface area contributed by atoms with Crippen molar-refractivity contribution in [2.45, 2.75) is 23.9 Å². The van der Waals surface area contributed by atoms with Gasteiger partial charge in [0.2, 0.25) is 10.0 Å². The van der Waals surface area contributed by atoms with E-state index in [0.717, 1.165) is 12.1 Å². The molecule has 3 nitrogen and oxygen atoms in total. The van der Waals surface area contributed by atoms with E-state index in [0.29, 0.717) is 4.31 Å². The monoisotopic (exact) mass is 383 g/mol. The molecule has 0 saturated heterocycles. The Morgan fingerprint density at radius 1 is 1.19 bits per heavy atom. The minimum Gasteiger partial charge on any atom is -0.207 e. The fraction of sp³-hybridized carbons (Fsp3) is 0.455. The van der Waals surface area contributed by atoms with E-state index in [9.17, 15) is 21.6 Å². The van der Waals surface area contributed by atoms with E-state index in [1.807, 2.05) is 0 Å². The van der Waals surface area contributed by atoms with Gasteiger partial charge >= 0.3 is 6.18 Å². The zero-order valence-corrected chi connectivity index (χ0v) is 13.8. The summed E-state index contributed by atoms with van der Waals surface area (Å²) in [6.45, 7) is -0.645. The van der Waals surface area contributed by atoms with Crippen LogP contribution in [0.2, 0.25) is 10.0 Å². The van der Waals surface area contributed by atoms with E-state index in [1.165, 1.54) is 6.92 Å². The first-order chi connectivity index (χ1) is 9.52. The number of rotatable bonds is 5. The molecule has 10 heteroatoms. The van der Waals surface area contributed by atoms with Crippen molar-refractivity contribution in [2.75, 3.05) is 13.1 Å². The number of benzene rings is 1. The summed E-state index contributed by atoms with van der Waals surface area (Å²) in [5.41, 5.74) is 0.268. The molecule has 0 bridgehead atoms. The lowest BCUT2D eigenvalue weighted by Gasteiger charge is -2.22. The second-order valence-electron chi connectivity index (χ2n) is 4.05. The SMILES string of the molecule is CCN(CC(F)(F)F)S(=O)(=O)c1cc(CCl)c(Cl)cc1Cl. The maximum absolute atomic E-state index is 12.5. The highest BCUT2D eigenvalue weighted by Crippen LogP contribution is 2.32. The van der Waals surface area contributed by atoms with E-state index < -0.39 is 27.6 Å². The number of sulfonamides is 1. The summed E-state index contributed by atoms with van der Waals surface area (Å²) in [6, 6.07) is 2.24. The molecule has 0 aliphatic heterocycles. The highest BCUT2D eigenvalue weighted by Gasteiger charge is 2.37. The van der Waals surface area contributed by atoms with Crippen LogP contribution in [0.1, 0.15) is 12.5 Å². The Kier molecular flexibility index (Phi) is 6.20. The Hall–Kier alpha value is -0.210. The number of nitrogens with zero attached hydrogens (tertiary/aromatic N) is 1. The molecule has 1 aromatic rings. The van der Waals surface area contributed by atoms with Gasteiger partial charge in [0, 0.05) is 17.4 Å². The van der Waals surface area contributed by atoms with Gasteiger partial charge in [0.05, 0.1) is 5.02 Å². The van der Waals surface area contributed by atoms with Gasteiger partial charge in [0.1, 0.15) is 11.4 Å². The fourth-order valence-corrected chi connectivity index (χ4v) is 4.14.